The molecular formula is C24H27F3O2. The van der Waals surface area contributed by atoms with Crippen LogP contribution in [-0.4, -0.2) is 5.97 Å². The molecule has 5 heteroatoms. The van der Waals surface area contributed by atoms with E-state index >= 15 is 0 Å². The van der Waals surface area contributed by atoms with Crippen LogP contribution in [0.1, 0.15) is 84.8 Å². The summed E-state index contributed by atoms with van der Waals surface area (Å²) in [6, 6.07) is 9.73. The lowest BCUT2D eigenvalue weighted by Gasteiger charge is -2.28. The van der Waals surface area contributed by atoms with Crippen molar-refractivity contribution in [3.8, 4) is 5.75 Å². The van der Waals surface area contributed by atoms with Gasteiger partial charge in [0.25, 0.3) is 6.43 Å². The van der Waals surface area contributed by atoms with Crippen LogP contribution in [-0.2, 0) is 0 Å². The van der Waals surface area contributed by atoms with E-state index in [0.717, 1.165) is 18.8 Å². The minimum Gasteiger partial charge on any atom is -0.423 e. The van der Waals surface area contributed by atoms with Crippen LogP contribution in [0, 0.1) is 18.7 Å². The van der Waals surface area contributed by atoms with E-state index in [9.17, 15) is 18.0 Å². The summed E-state index contributed by atoms with van der Waals surface area (Å²) in [6.07, 6.45) is 4.35. The molecule has 2 aromatic rings. The highest BCUT2D eigenvalue weighted by Gasteiger charge is 2.24. The summed E-state index contributed by atoms with van der Waals surface area (Å²) in [7, 11) is 0. The summed E-state index contributed by atoms with van der Waals surface area (Å²) in [5.74, 6) is -0.574. The number of benzene rings is 2. The monoisotopic (exact) mass is 404 g/mol. The number of rotatable bonds is 6. The van der Waals surface area contributed by atoms with Crippen molar-refractivity contribution in [3.63, 3.8) is 0 Å². The van der Waals surface area contributed by atoms with Gasteiger partial charge >= 0.3 is 5.97 Å². The fourth-order valence-electron chi connectivity index (χ4n) is 4.28. The lowest BCUT2D eigenvalue weighted by atomic mass is 9.77. The minimum atomic E-state index is -2.99. The van der Waals surface area contributed by atoms with Crippen molar-refractivity contribution in [3.05, 3.63) is 64.5 Å². The third-order valence-corrected chi connectivity index (χ3v) is 5.94. The highest BCUT2D eigenvalue weighted by atomic mass is 19.3. The Bertz CT molecular complexity index is 838. The molecule has 0 atom stereocenters. The number of halogens is 3. The molecule has 156 valence electrons. The van der Waals surface area contributed by atoms with E-state index < -0.39 is 29.3 Å². The van der Waals surface area contributed by atoms with Crippen LogP contribution in [0.15, 0.2) is 36.4 Å². The molecule has 0 aliphatic heterocycles. The molecule has 0 bridgehead atoms. The lowest BCUT2D eigenvalue weighted by molar-refractivity contribution is 0.0728. The second-order valence-corrected chi connectivity index (χ2v) is 7.92. The molecule has 1 aliphatic carbocycles. The molecule has 0 radical (unpaired) electrons. The summed E-state index contributed by atoms with van der Waals surface area (Å²) in [4.78, 5) is 12.3. The Balaban J connectivity index is 1.66. The van der Waals surface area contributed by atoms with E-state index in [4.69, 9.17) is 4.74 Å². The van der Waals surface area contributed by atoms with Gasteiger partial charge in [-0.15, -0.1) is 0 Å². The number of ether oxygens (including phenoxy) is 1. The molecule has 2 nitrogen and oxygen atoms in total. The normalized spacial score (nSPS) is 19.4. The first-order chi connectivity index (χ1) is 13.9. The van der Waals surface area contributed by atoms with Crippen molar-refractivity contribution in [2.75, 3.05) is 0 Å². The SMILES string of the molecule is CCCC1CCC(c2ccc(OC(=O)c3ccc(C)c(C(F)F)c3F)cc2)CC1. The predicted octanol–water partition coefficient (Wildman–Crippen LogP) is 7.36. The first kappa shape index (κ1) is 21.4. The van der Waals surface area contributed by atoms with E-state index in [-0.39, 0.29) is 11.3 Å². The van der Waals surface area contributed by atoms with Gasteiger partial charge in [-0.3, -0.25) is 0 Å². The van der Waals surface area contributed by atoms with Gasteiger partial charge in [0.1, 0.15) is 11.6 Å². The van der Waals surface area contributed by atoms with Gasteiger partial charge in [0.2, 0.25) is 0 Å². The van der Waals surface area contributed by atoms with Gasteiger partial charge in [0.15, 0.2) is 0 Å². The fraction of sp³-hybridized carbons (Fsp3) is 0.458. The van der Waals surface area contributed by atoms with Gasteiger partial charge in [-0.1, -0.05) is 38.0 Å². The molecule has 3 rings (SSSR count). The average molecular weight is 404 g/mol. The van der Waals surface area contributed by atoms with Crippen molar-refractivity contribution >= 4 is 5.97 Å². The van der Waals surface area contributed by atoms with Crippen molar-refractivity contribution in [1.29, 1.82) is 0 Å². The number of carbonyl (C=O) groups excluding carboxylic acids is 1. The summed E-state index contributed by atoms with van der Waals surface area (Å²) in [5.41, 5.74) is 0.0750. The maximum atomic E-state index is 14.3. The number of hydrogen-bond acceptors (Lipinski definition) is 2. The van der Waals surface area contributed by atoms with Crippen LogP contribution >= 0.6 is 0 Å². The molecule has 0 saturated heterocycles. The third kappa shape index (κ3) is 5.01. The number of alkyl halides is 2. The first-order valence-corrected chi connectivity index (χ1v) is 10.3. The summed E-state index contributed by atoms with van der Waals surface area (Å²) in [6.45, 7) is 3.61. The van der Waals surface area contributed by atoms with Crippen LogP contribution < -0.4 is 4.74 Å². The Hall–Kier alpha value is -2.30. The summed E-state index contributed by atoms with van der Waals surface area (Å²) in [5, 5.41) is 0. The van der Waals surface area contributed by atoms with Gasteiger partial charge < -0.3 is 4.74 Å². The molecule has 0 spiro atoms. The molecule has 0 N–H and O–H groups in total. The van der Waals surface area contributed by atoms with Crippen LogP contribution in [0.2, 0.25) is 0 Å². The Morgan fingerprint density at radius 3 is 2.31 bits per heavy atom. The highest BCUT2D eigenvalue weighted by molar-refractivity contribution is 5.91. The van der Waals surface area contributed by atoms with Crippen molar-refractivity contribution in [1.82, 2.24) is 0 Å². The molecule has 0 unspecified atom stereocenters. The van der Waals surface area contributed by atoms with E-state index in [1.54, 1.807) is 12.1 Å². The fourth-order valence-corrected chi connectivity index (χ4v) is 4.28. The summed E-state index contributed by atoms with van der Waals surface area (Å²) >= 11 is 0. The van der Waals surface area contributed by atoms with Crippen LogP contribution in [0.5, 0.6) is 5.75 Å². The maximum absolute atomic E-state index is 14.3. The highest BCUT2D eigenvalue weighted by Crippen LogP contribution is 2.38. The topological polar surface area (TPSA) is 26.3 Å². The number of aryl methyl sites for hydroxylation is 1. The summed E-state index contributed by atoms with van der Waals surface area (Å²) < 4.78 is 45.7. The standard InChI is InChI=1S/C24H27F3O2/c1-3-4-16-6-8-17(9-7-16)18-10-12-19(13-11-18)29-24(28)20-14-5-15(2)21(22(20)25)23(26)27/h5,10-14,16-17,23H,3-4,6-9H2,1-2H3. The second kappa shape index (κ2) is 9.47. The molecule has 2 aromatic carbocycles. The van der Waals surface area contributed by atoms with Crippen LogP contribution in [0.25, 0.3) is 0 Å². The molecular weight excluding hydrogens is 377 g/mol. The zero-order chi connectivity index (χ0) is 21.0. The largest absolute Gasteiger partial charge is 0.423 e. The van der Waals surface area contributed by atoms with E-state index in [1.165, 1.54) is 50.3 Å². The quantitative estimate of drug-likeness (QED) is 0.371. The smallest absolute Gasteiger partial charge is 0.346 e. The van der Waals surface area contributed by atoms with Gasteiger partial charge in [0, 0.05) is 0 Å². The number of carbonyl (C=O) groups is 1. The van der Waals surface area contributed by atoms with Gasteiger partial charge in [0.05, 0.1) is 11.1 Å². The molecule has 29 heavy (non-hydrogen) atoms. The maximum Gasteiger partial charge on any atom is 0.346 e. The molecule has 1 fully saturated rings. The molecule has 1 aliphatic rings. The zero-order valence-corrected chi connectivity index (χ0v) is 16.9. The van der Waals surface area contributed by atoms with E-state index in [1.807, 2.05) is 12.1 Å². The van der Waals surface area contributed by atoms with Gasteiger partial charge in [-0.05, 0) is 73.8 Å². The Morgan fingerprint density at radius 2 is 1.72 bits per heavy atom. The number of esters is 1. The second-order valence-electron chi connectivity index (χ2n) is 7.92. The van der Waals surface area contributed by atoms with Gasteiger partial charge in [-0.2, -0.15) is 0 Å². The molecule has 1 saturated carbocycles. The van der Waals surface area contributed by atoms with Crippen LogP contribution in [0.4, 0.5) is 13.2 Å². The van der Waals surface area contributed by atoms with Gasteiger partial charge in [-0.25, -0.2) is 18.0 Å². The van der Waals surface area contributed by atoms with E-state index in [2.05, 4.69) is 6.92 Å². The Morgan fingerprint density at radius 1 is 1.07 bits per heavy atom. The predicted molar refractivity (Wildman–Crippen MR) is 107 cm³/mol. The minimum absolute atomic E-state index is 0.104. The van der Waals surface area contributed by atoms with Crippen molar-refractivity contribution < 1.29 is 22.7 Å². The van der Waals surface area contributed by atoms with Crippen molar-refractivity contribution in [2.24, 2.45) is 5.92 Å². The Labute approximate surface area is 170 Å². The average Bonchev–Trinajstić information content (AvgIpc) is 2.69. The molecule has 0 amide bonds. The van der Waals surface area contributed by atoms with Crippen molar-refractivity contribution in [2.45, 2.75) is 64.7 Å². The first-order valence-electron chi connectivity index (χ1n) is 10.3. The van der Waals surface area contributed by atoms with E-state index in [0.29, 0.717) is 5.92 Å². The molecule has 0 aromatic heterocycles. The zero-order valence-electron chi connectivity index (χ0n) is 16.9. The number of hydrogen-bond donors (Lipinski definition) is 0. The molecule has 0 heterocycles. The van der Waals surface area contributed by atoms with Crippen LogP contribution in [0.3, 0.4) is 0 Å². The third-order valence-electron chi connectivity index (χ3n) is 5.94. The lowest BCUT2D eigenvalue weighted by Crippen LogP contribution is -2.14. The Kier molecular flexibility index (Phi) is 6.99.